The number of methoxy groups -OCH3 is 1. The maximum absolute atomic E-state index is 11.1. The molecule has 0 saturated carbocycles. The van der Waals surface area contributed by atoms with E-state index in [1.165, 1.54) is 7.11 Å². The maximum Gasteiger partial charge on any atom is 0.337 e. The van der Waals surface area contributed by atoms with Crippen LogP contribution in [-0.2, 0) is 4.74 Å². The monoisotopic (exact) mass is 240 g/mol. The van der Waals surface area contributed by atoms with Crippen molar-refractivity contribution >= 4 is 5.97 Å². The number of aryl methyl sites for hydroxylation is 2. The highest BCUT2D eigenvalue weighted by atomic mass is 16.5. The van der Waals surface area contributed by atoms with Crippen molar-refractivity contribution < 1.29 is 14.6 Å². The predicted octanol–water partition coefficient (Wildman–Crippen LogP) is 3.85. The second-order valence-corrected chi connectivity index (χ2v) is 2.95. The third-order valence-electron chi connectivity index (χ3n) is 1.91. The normalized spacial score (nSPS) is 8.18. The molecule has 0 unspecified atom stereocenters. The number of carbonyl (C=O) groups excluding carboxylic acids is 1. The highest BCUT2D eigenvalue weighted by Gasteiger charge is 2.09. The van der Waals surface area contributed by atoms with E-state index in [9.17, 15) is 9.90 Å². The third-order valence-corrected chi connectivity index (χ3v) is 1.91. The highest BCUT2D eigenvalue weighted by molar-refractivity contribution is 5.90. The molecule has 0 aliphatic carbocycles. The van der Waals surface area contributed by atoms with Crippen molar-refractivity contribution in [3.05, 3.63) is 28.8 Å². The first-order valence-corrected chi connectivity index (χ1v) is 5.94. The van der Waals surface area contributed by atoms with Crippen LogP contribution in [-0.4, -0.2) is 18.2 Å². The number of phenols is 1. The molecule has 0 heterocycles. The van der Waals surface area contributed by atoms with Crippen LogP contribution in [0.3, 0.4) is 0 Å². The van der Waals surface area contributed by atoms with Gasteiger partial charge in [-0.3, -0.25) is 0 Å². The zero-order valence-electron chi connectivity index (χ0n) is 11.9. The Morgan fingerprint density at radius 3 is 1.71 bits per heavy atom. The lowest BCUT2D eigenvalue weighted by molar-refractivity contribution is 0.0600. The van der Waals surface area contributed by atoms with E-state index in [-0.39, 0.29) is 11.7 Å². The number of hydrogen-bond donors (Lipinski definition) is 1. The summed E-state index contributed by atoms with van der Waals surface area (Å²) in [5.74, 6) is -0.154. The molecule has 1 aromatic rings. The van der Waals surface area contributed by atoms with Crippen molar-refractivity contribution in [3.63, 3.8) is 0 Å². The van der Waals surface area contributed by atoms with Crippen molar-refractivity contribution in [2.24, 2.45) is 0 Å². The molecule has 1 rings (SSSR count). The number of rotatable bonds is 1. The van der Waals surface area contributed by atoms with Gasteiger partial charge in [0.05, 0.1) is 12.7 Å². The van der Waals surface area contributed by atoms with Crippen LogP contribution in [0.25, 0.3) is 0 Å². The topological polar surface area (TPSA) is 46.5 Å². The first-order valence-electron chi connectivity index (χ1n) is 5.94. The van der Waals surface area contributed by atoms with Gasteiger partial charge in [0.25, 0.3) is 0 Å². The molecule has 0 saturated heterocycles. The standard InChI is InChI=1S/C10H12O3.2C2H6/c1-6-4-8(10(12)13-3)5-7(2)9(6)11;2*1-2/h4-5,11H,1-3H3;2*1-2H3. The van der Waals surface area contributed by atoms with E-state index in [4.69, 9.17) is 0 Å². The Balaban J connectivity index is 0. The van der Waals surface area contributed by atoms with E-state index < -0.39 is 0 Å². The number of hydrogen-bond acceptors (Lipinski definition) is 3. The lowest BCUT2D eigenvalue weighted by Gasteiger charge is -2.05. The minimum atomic E-state index is -0.383. The Hall–Kier alpha value is -1.51. The summed E-state index contributed by atoms with van der Waals surface area (Å²) >= 11 is 0. The van der Waals surface area contributed by atoms with Gasteiger partial charge in [-0.2, -0.15) is 0 Å². The summed E-state index contributed by atoms with van der Waals surface area (Å²) in [4.78, 5) is 11.1. The van der Waals surface area contributed by atoms with E-state index in [0.717, 1.165) is 0 Å². The summed E-state index contributed by atoms with van der Waals surface area (Å²) in [6.07, 6.45) is 0. The fourth-order valence-corrected chi connectivity index (χ4v) is 1.19. The number of carbonyl (C=O) groups is 1. The van der Waals surface area contributed by atoms with Crippen molar-refractivity contribution in [2.45, 2.75) is 41.5 Å². The van der Waals surface area contributed by atoms with E-state index >= 15 is 0 Å². The second kappa shape index (κ2) is 9.70. The molecular weight excluding hydrogens is 216 g/mol. The van der Waals surface area contributed by atoms with Crippen LogP contribution in [0.1, 0.15) is 49.2 Å². The maximum atomic E-state index is 11.1. The molecule has 0 radical (unpaired) electrons. The minimum Gasteiger partial charge on any atom is -0.507 e. The smallest absolute Gasteiger partial charge is 0.337 e. The lowest BCUT2D eigenvalue weighted by atomic mass is 10.1. The molecular formula is C14H24O3. The number of esters is 1. The van der Waals surface area contributed by atoms with Crippen molar-refractivity contribution in [2.75, 3.05) is 7.11 Å². The predicted molar refractivity (Wildman–Crippen MR) is 71.6 cm³/mol. The Labute approximate surface area is 104 Å². The molecule has 0 aromatic heterocycles. The molecule has 0 aliphatic heterocycles. The molecule has 98 valence electrons. The average molecular weight is 240 g/mol. The molecule has 0 amide bonds. The summed E-state index contributed by atoms with van der Waals surface area (Å²) < 4.78 is 4.57. The molecule has 17 heavy (non-hydrogen) atoms. The first kappa shape index (κ1) is 17.9. The second-order valence-electron chi connectivity index (χ2n) is 2.95. The lowest BCUT2D eigenvalue weighted by Crippen LogP contribution is -2.02. The molecule has 1 aromatic carbocycles. The van der Waals surface area contributed by atoms with Gasteiger partial charge in [0.2, 0.25) is 0 Å². The fraction of sp³-hybridized carbons (Fsp3) is 0.500. The third kappa shape index (κ3) is 5.38. The zero-order chi connectivity index (χ0) is 14.0. The van der Waals surface area contributed by atoms with Crippen LogP contribution >= 0.6 is 0 Å². The SMILES string of the molecule is CC.CC.COC(=O)c1cc(C)c(O)c(C)c1. The Morgan fingerprint density at radius 2 is 1.41 bits per heavy atom. The summed E-state index contributed by atoms with van der Waals surface area (Å²) in [7, 11) is 1.33. The van der Waals surface area contributed by atoms with Crippen molar-refractivity contribution in [1.29, 1.82) is 0 Å². The summed E-state index contributed by atoms with van der Waals surface area (Å²) in [5.41, 5.74) is 1.83. The van der Waals surface area contributed by atoms with Crippen molar-refractivity contribution in [3.8, 4) is 5.75 Å². The van der Waals surface area contributed by atoms with Crippen molar-refractivity contribution in [1.82, 2.24) is 0 Å². The van der Waals surface area contributed by atoms with Gasteiger partial charge in [0.15, 0.2) is 0 Å². The molecule has 0 atom stereocenters. The van der Waals surface area contributed by atoms with Crippen LogP contribution in [0.15, 0.2) is 12.1 Å². The molecule has 1 N–H and O–H groups in total. The summed E-state index contributed by atoms with van der Waals surface area (Å²) in [5, 5.41) is 9.43. The van der Waals surface area contributed by atoms with Crippen LogP contribution < -0.4 is 0 Å². The fourth-order valence-electron chi connectivity index (χ4n) is 1.19. The first-order chi connectivity index (χ1) is 8.06. The van der Waals surface area contributed by atoms with Gasteiger partial charge in [-0.25, -0.2) is 4.79 Å². The van der Waals surface area contributed by atoms with E-state index in [0.29, 0.717) is 16.7 Å². The molecule has 0 fully saturated rings. The van der Waals surface area contributed by atoms with Gasteiger partial charge >= 0.3 is 5.97 Å². The quantitative estimate of drug-likeness (QED) is 0.758. The molecule has 0 aliphatic rings. The molecule has 0 spiro atoms. The van der Waals surface area contributed by atoms with Gasteiger partial charge in [0.1, 0.15) is 5.75 Å². The largest absolute Gasteiger partial charge is 0.507 e. The minimum absolute atomic E-state index is 0.229. The molecule has 0 bridgehead atoms. The zero-order valence-corrected chi connectivity index (χ0v) is 11.9. The number of ether oxygens (including phenoxy) is 1. The number of phenolic OH excluding ortho intramolecular Hbond substituents is 1. The van der Waals surface area contributed by atoms with Gasteiger partial charge in [-0.1, -0.05) is 27.7 Å². The molecule has 3 heteroatoms. The average Bonchev–Trinajstić information content (AvgIpc) is 2.39. The summed E-state index contributed by atoms with van der Waals surface area (Å²) in [6, 6.07) is 3.21. The summed E-state index contributed by atoms with van der Waals surface area (Å²) in [6.45, 7) is 11.5. The van der Waals surface area contributed by atoms with Crippen LogP contribution in [0, 0.1) is 13.8 Å². The van der Waals surface area contributed by atoms with E-state index in [1.807, 2.05) is 27.7 Å². The Bertz CT molecular complexity index is 320. The number of benzene rings is 1. The Kier molecular flexibility index (Phi) is 10.2. The van der Waals surface area contributed by atoms with E-state index in [1.54, 1.807) is 26.0 Å². The van der Waals surface area contributed by atoms with Crippen LogP contribution in [0.2, 0.25) is 0 Å². The Morgan fingerprint density at radius 1 is 1.06 bits per heavy atom. The number of aromatic hydroxyl groups is 1. The van der Waals surface area contributed by atoms with Crippen LogP contribution in [0.4, 0.5) is 0 Å². The van der Waals surface area contributed by atoms with Gasteiger partial charge in [-0.05, 0) is 37.1 Å². The van der Waals surface area contributed by atoms with Crippen LogP contribution in [0.5, 0.6) is 5.75 Å². The highest BCUT2D eigenvalue weighted by Crippen LogP contribution is 2.22. The molecule has 3 nitrogen and oxygen atoms in total. The van der Waals surface area contributed by atoms with Gasteiger partial charge in [-0.15, -0.1) is 0 Å². The van der Waals surface area contributed by atoms with Gasteiger partial charge < -0.3 is 9.84 Å². The van der Waals surface area contributed by atoms with Gasteiger partial charge in [0, 0.05) is 0 Å². The van der Waals surface area contributed by atoms with E-state index in [2.05, 4.69) is 4.74 Å².